The van der Waals surface area contributed by atoms with Gasteiger partial charge in [0.2, 0.25) is 0 Å². The van der Waals surface area contributed by atoms with Gasteiger partial charge in [-0.15, -0.1) is 0 Å². The van der Waals surface area contributed by atoms with Crippen LogP contribution < -0.4 is 0 Å². The minimum atomic E-state index is -0.727. The number of hydrogen-bond donors (Lipinski definition) is 0. The van der Waals surface area contributed by atoms with Crippen LogP contribution in [-0.4, -0.2) is 9.97 Å². The molecule has 0 unspecified atom stereocenters. The normalized spacial score (nSPS) is 10.8. The summed E-state index contributed by atoms with van der Waals surface area (Å²) in [5.41, 5.74) is 1.50. The van der Waals surface area contributed by atoms with Crippen LogP contribution in [0.5, 0.6) is 0 Å². The number of hydrogen-bond acceptors (Lipinski definition) is 2. The lowest BCUT2D eigenvalue weighted by Crippen LogP contribution is -1.99. The highest BCUT2D eigenvalue weighted by molar-refractivity contribution is 9.10. The maximum absolute atomic E-state index is 13.7. The smallest absolute Gasteiger partial charge is 0.164 e. The maximum atomic E-state index is 13.7. The molecule has 1 aromatic heterocycles. The molecule has 0 atom stereocenters. The summed E-state index contributed by atoms with van der Waals surface area (Å²) in [5, 5.41) is 0.261. The first-order valence-electron chi connectivity index (χ1n) is 5.06. The lowest BCUT2D eigenvalue weighted by Gasteiger charge is -2.07. The van der Waals surface area contributed by atoms with Crippen molar-refractivity contribution in [1.82, 2.24) is 9.97 Å². The molecule has 0 aliphatic rings. The molecule has 0 aliphatic heterocycles. The van der Waals surface area contributed by atoms with E-state index >= 15 is 0 Å². The molecule has 0 aliphatic carbocycles. The van der Waals surface area contributed by atoms with Gasteiger partial charge in [-0.1, -0.05) is 11.6 Å². The van der Waals surface area contributed by atoms with E-state index < -0.39 is 11.6 Å². The van der Waals surface area contributed by atoms with Crippen molar-refractivity contribution in [3.63, 3.8) is 0 Å². The van der Waals surface area contributed by atoms with Gasteiger partial charge in [0.25, 0.3) is 0 Å². The van der Waals surface area contributed by atoms with E-state index in [4.69, 9.17) is 11.6 Å². The Labute approximate surface area is 116 Å². The third-order valence-electron chi connectivity index (χ3n) is 2.58. The zero-order chi connectivity index (χ0) is 13.4. The summed E-state index contributed by atoms with van der Waals surface area (Å²) in [6, 6.07) is 2.08. The summed E-state index contributed by atoms with van der Waals surface area (Å²) in [6.45, 7) is 3.53. The van der Waals surface area contributed by atoms with E-state index in [0.29, 0.717) is 5.69 Å². The quantitative estimate of drug-likeness (QED) is 0.569. The van der Waals surface area contributed by atoms with Crippen LogP contribution in [0.3, 0.4) is 0 Å². The van der Waals surface area contributed by atoms with Crippen LogP contribution in [0.1, 0.15) is 11.3 Å². The van der Waals surface area contributed by atoms with Crippen LogP contribution in [0.25, 0.3) is 11.4 Å². The molecule has 0 fully saturated rings. The molecule has 18 heavy (non-hydrogen) atoms. The minimum absolute atomic E-state index is 0.105. The van der Waals surface area contributed by atoms with E-state index in [2.05, 4.69) is 25.9 Å². The number of benzene rings is 1. The molecular formula is C12H8BrClF2N2. The third-order valence-corrected chi connectivity index (χ3v) is 3.56. The average Bonchev–Trinajstić information content (AvgIpc) is 2.30. The van der Waals surface area contributed by atoms with Crippen molar-refractivity contribution in [2.45, 2.75) is 13.8 Å². The minimum Gasteiger partial charge on any atom is -0.233 e. The van der Waals surface area contributed by atoms with Gasteiger partial charge in [0, 0.05) is 17.3 Å². The summed E-state index contributed by atoms with van der Waals surface area (Å²) in [4.78, 5) is 8.16. The molecule has 6 heteroatoms. The Kier molecular flexibility index (Phi) is 3.64. The second-order valence-electron chi connectivity index (χ2n) is 3.79. The van der Waals surface area contributed by atoms with Gasteiger partial charge in [-0.3, -0.25) is 0 Å². The first-order chi connectivity index (χ1) is 8.40. The molecule has 1 aromatic carbocycles. The molecule has 0 amide bonds. The van der Waals surface area contributed by atoms with Gasteiger partial charge in [0.1, 0.15) is 16.8 Å². The summed E-state index contributed by atoms with van der Waals surface area (Å²) in [6.07, 6.45) is 0. The van der Waals surface area contributed by atoms with Crippen LogP contribution in [0.15, 0.2) is 16.6 Å². The second kappa shape index (κ2) is 4.90. The van der Waals surface area contributed by atoms with E-state index in [9.17, 15) is 8.78 Å². The largest absolute Gasteiger partial charge is 0.233 e. The monoisotopic (exact) mass is 332 g/mol. The summed E-state index contributed by atoms with van der Waals surface area (Å²) < 4.78 is 27.0. The Balaban J connectivity index is 2.66. The zero-order valence-corrected chi connectivity index (χ0v) is 11.9. The summed E-state index contributed by atoms with van der Waals surface area (Å²) in [5.74, 6) is -1.26. The van der Waals surface area contributed by atoms with Gasteiger partial charge < -0.3 is 0 Å². The fourth-order valence-corrected chi connectivity index (χ4v) is 1.97. The first-order valence-corrected chi connectivity index (χ1v) is 6.23. The molecule has 94 valence electrons. The molecule has 0 N–H and O–H groups in total. The van der Waals surface area contributed by atoms with E-state index in [1.165, 1.54) is 6.07 Å². The van der Waals surface area contributed by atoms with Gasteiger partial charge in [-0.2, -0.15) is 0 Å². The number of nitrogens with zero attached hydrogens (tertiary/aromatic N) is 2. The topological polar surface area (TPSA) is 25.8 Å². The van der Waals surface area contributed by atoms with Crippen LogP contribution in [0, 0.1) is 25.5 Å². The van der Waals surface area contributed by atoms with Crippen LogP contribution in [0.4, 0.5) is 8.78 Å². The summed E-state index contributed by atoms with van der Waals surface area (Å²) >= 11 is 8.93. The van der Waals surface area contributed by atoms with Crippen LogP contribution >= 0.6 is 27.5 Å². The Morgan fingerprint density at radius 1 is 1.11 bits per heavy atom. The lowest BCUT2D eigenvalue weighted by atomic mass is 10.2. The molecular weight excluding hydrogens is 325 g/mol. The predicted octanol–water partition coefficient (Wildman–Crippen LogP) is 4.45. The molecule has 0 saturated heterocycles. The Hall–Kier alpha value is -1.07. The van der Waals surface area contributed by atoms with Crippen molar-refractivity contribution in [3.05, 3.63) is 44.7 Å². The molecule has 2 rings (SSSR count). The van der Waals surface area contributed by atoms with Crippen LogP contribution in [-0.2, 0) is 0 Å². The maximum Gasteiger partial charge on any atom is 0.164 e. The van der Waals surface area contributed by atoms with E-state index in [-0.39, 0.29) is 21.0 Å². The van der Waals surface area contributed by atoms with Gasteiger partial charge in [-0.05, 0) is 35.8 Å². The van der Waals surface area contributed by atoms with Crippen molar-refractivity contribution in [3.8, 4) is 11.4 Å². The van der Waals surface area contributed by atoms with E-state index in [1.807, 2.05) is 0 Å². The van der Waals surface area contributed by atoms with Gasteiger partial charge >= 0.3 is 0 Å². The van der Waals surface area contributed by atoms with Gasteiger partial charge in [-0.25, -0.2) is 18.7 Å². The average molecular weight is 334 g/mol. The van der Waals surface area contributed by atoms with Gasteiger partial charge in [0.05, 0.1) is 10.0 Å². The highest BCUT2D eigenvalue weighted by Gasteiger charge is 2.14. The predicted molar refractivity (Wildman–Crippen MR) is 69.6 cm³/mol. The number of rotatable bonds is 1. The highest BCUT2D eigenvalue weighted by atomic mass is 79.9. The molecule has 2 nitrogen and oxygen atoms in total. The van der Waals surface area contributed by atoms with Crippen molar-refractivity contribution in [1.29, 1.82) is 0 Å². The second-order valence-corrected chi connectivity index (χ2v) is 5.01. The first kappa shape index (κ1) is 13.4. The third kappa shape index (κ3) is 2.37. The van der Waals surface area contributed by atoms with Crippen molar-refractivity contribution in [2.75, 3.05) is 0 Å². The fraction of sp³-hybridized carbons (Fsp3) is 0.167. The van der Waals surface area contributed by atoms with Crippen LogP contribution in [0.2, 0.25) is 5.15 Å². The SMILES string of the molecule is Cc1nc(-c2cc(Br)c(F)cc2F)nc(Cl)c1C. The fourth-order valence-electron chi connectivity index (χ4n) is 1.41. The van der Waals surface area contributed by atoms with Gasteiger partial charge in [0.15, 0.2) is 5.82 Å². The lowest BCUT2D eigenvalue weighted by molar-refractivity contribution is 0.580. The number of aryl methyl sites for hydroxylation is 1. The van der Waals surface area contributed by atoms with Crippen molar-refractivity contribution >= 4 is 27.5 Å². The highest BCUT2D eigenvalue weighted by Crippen LogP contribution is 2.28. The van der Waals surface area contributed by atoms with E-state index in [1.54, 1.807) is 13.8 Å². The van der Waals surface area contributed by atoms with Crippen molar-refractivity contribution < 1.29 is 8.78 Å². The molecule has 2 aromatic rings. The standard InChI is InChI=1S/C12H8BrClF2N2/c1-5-6(2)17-12(18-11(5)14)7-3-8(13)10(16)4-9(7)15/h3-4H,1-2H3. The Bertz CT molecular complexity index is 609. The zero-order valence-electron chi connectivity index (χ0n) is 9.56. The molecule has 1 heterocycles. The van der Waals surface area contributed by atoms with E-state index in [0.717, 1.165) is 11.6 Å². The number of halogens is 4. The summed E-state index contributed by atoms with van der Waals surface area (Å²) in [7, 11) is 0. The Morgan fingerprint density at radius 3 is 2.39 bits per heavy atom. The Morgan fingerprint density at radius 2 is 1.78 bits per heavy atom. The number of aromatic nitrogens is 2. The molecule has 0 bridgehead atoms. The molecule has 0 saturated carbocycles. The molecule has 0 radical (unpaired) electrons. The molecule has 0 spiro atoms. The van der Waals surface area contributed by atoms with Crippen molar-refractivity contribution in [2.24, 2.45) is 0 Å².